The summed E-state index contributed by atoms with van der Waals surface area (Å²) < 4.78 is 5.22. The van der Waals surface area contributed by atoms with Crippen LogP contribution in [-0.4, -0.2) is 24.0 Å². The highest BCUT2D eigenvalue weighted by Gasteiger charge is 2.49. The number of halogens is 2. The lowest BCUT2D eigenvalue weighted by molar-refractivity contribution is -0.147. The van der Waals surface area contributed by atoms with Gasteiger partial charge in [0.15, 0.2) is 5.54 Å². The molecule has 140 valence electrons. The number of rotatable bonds is 5. The second-order valence-corrected chi connectivity index (χ2v) is 7.05. The molecule has 1 atom stereocenters. The van der Waals surface area contributed by atoms with E-state index in [4.69, 9.17) is 27.9 Å². The summed E-state index contributed by atoms with van der Waals surface area (Å²) in [4.78, 5) is 27.2. The molecule has 2 aromatic rings. The standard InChI is InChI=1S/C20H18Cl2N2O3/c1-3-27-19(26)20(2)12-17(23-15-8-4-6-13(21)10-15)18(25)24(20)16-9-5-7-14(22)11-16/h4-12,23H,3H2,1-2H3/t20-/m1/s1. The molecule has 1 N–H and O–H groups in total. The molecule has 0 spiro atoms. The van der Waals surface area contributed by atoms with Gasteiger partial charge in [0.2, 0.25) is 0 Å². The van der Waals surface area contributed by atoms with Crippen LogP contribution in [0.25, 0.3) is 0 Å². The monoisotopic (exact) mass is 404 g/mol. The van der Waals surface area contributed by atoms with Crippen molar-refractivity contribution < 1.29 is 14.3 Å². The fourth-order valence-corrected chi connectivity index (χ4v) is 3.35. The Kier molecular flexibility index (Phi) is 5.44. The molecule has 0 fully saturated rings. The van der Waals surface area contributed by atoms with Crippen molar-refractivity contribution >= 4 is 46.5 Å². The van der Waals surface area contributed by atoms with Crippen LogP contribution in [0.4, 0.5) is 11.4 Å². The zero-order valence-corrected chi connectivity index (χ0v) is 16.3. The number of carbonyl (C=O) groups excluding carboxylic acids is 2. The summed E-state index contributed by atoms with van der Waals surface area (Å²) in [7, 11) is 0. The maximum Gasteiger partial charge on any atom is 0.336 e. The highest BCUT2D eigenvalue weighted by Crippen LogP contribution is 2.36. The fraction of sp³-hybridized carbons (Fsp3) is 0.200. The summed E-state index contributed by atoms with van der Waals surface area (Å²) in [5.41, 5.74) is 0.0924. The third-order valence-electron chi connectivity index (χ3n) is 4.18. The molecular formula is C20H18Cl2N2O3. The van der Waals surface area contributed by atoms with Crippen molar-refractivity contribution in [1.82, 2.24) is 0 Å². The van der Waals surface area contributed by atoms with E-state index in [1.807, 2.05) is 0 Å². The Hall–Kier alpha value is -2.50. The third kappa shape index (κ3) is 3.80. The number of anilines is 2. The molecule has 5 nitrogen and oxygen atoms in total. The second-order valence-electron chi connectivity index (χ2n) is 6.18. The zero-order valence-electron chi connectivity index (χ0n) is 14.8. The topological polar surface area (TPSA) is 58.6 Å². The molecule has 1 heterocycles. The van der Waals surface area contributed by atoms with Crippen molar-refractivity contribution in [2.24, 2.45) is 0 Å². The van der Waals surface area contributed by atoms with E-state index in [2.05, 4.69) is 5.32 Å². The van der Waals surface area contributed by atoms with E-state index in [1.54, 1.807) is 68.5 Å². The van der Waals surface area contributed by atoms with E-state index in [9.17, 15) is 9.59 Å². The molecule has 3 rings (SSSR count). The summed E-state index contributed by atoms with van der Waals surface area (Å²) >= 11 is 12.1. The Bertz CT molecular complexity index is 929. The molecule has 27 heavy (non-hydrogen) atoms. The van der Waals surface area contributed by atoms with Gasteiger partial charge in [-0.3, -0.25) is 9.69 Å². The van der Waals surface area contributed by atoms with Gasteiger partial charge in [0.05, 0.1) is 6.61 Å². The van der Waals surface area contributed by atoms with Crippen molar-refractivity contribution in [2.75, 3.05) is 16.8 Å². The molecule has 0 aliphatic carbocycles. The lowest BCUT2D eigenvalue weighted by Crippen LogP contribution is -2.51. The van der Waals surface area contributed by atoms with Crippen LogP contribution in [0.5, 0.6) is 0 Å². The smallest absolute Gasteiger partial charge is 0.336 e. The average molecular weight is 405 g/mol. The van der Waals surface area contributed by atoms with Crippen LogP contribution in [0.15, 0.2) is 60.3 Å². The van der Waals surface area contributed by atoms with Crippen molar-refractivity contribution in [3.05, 3.63) is 70.3 Å². The van der Waals surface area contributed by atoms with Gasteiger partial charge in [-0.05, 0) is 56.3 Å². The first kappa shape index (κ1) is 19.3. The predicted octanol–water partition coefficient (Wildman–Crippen LogP) is 4.66. The molecule has 0 unspecified atom stereocenters. The lowest BCUT2D eigenvalue weighted by Gasteiger charge is -2.32. The highest BCUT2D eigenvalue weighted by atomic mass is 35.5. The van der Waals surface area contributed by atoms with E-state index in [0.29, 0.717) is 21.4 Å². The van der Waals surface area contributed by atoms with Gasteiger partial charge < -0.3 is 10.1 Å². The Morgan fingerprint density at radius 3 is 2.44 bits per heavy atom. The first-order valence-electron chi connectivity index (χ1n) is 8.38. The number of ether oxygens (including phenoxy) is 1. The number of esters is 1. The molecule has 1 aliphatic rings. The second kappa shape index (κ2) is 7.62. The van der Waals surface area contributed by atoms with Gasteiger partial charge >= 0.3 is 5.97 Å². The van der Waals surface area contributed by atoms with Gasteiger partial charge in [0.25, 0.3) is 5.91 Å². The zero-order chi connectivity index (χ0) is 19.6. The van der Waals surface area contributed by atoms with E-state index < -0.39 is 11.5 Å². The van der Waals surface area contributed by atoms with Gasteiger partial charge in [-0.1, -0.05) is 35.3 Å². The van der Waals surface area contributed by atoms with Crippen molar-refractivity contribution in [1.29, 1.82) is 0 Å². The van der Waals surface area contributed by atoms with Crippen LogP contribution in [0.1, 0.15) is 13.8 Å². The summed E-state index contributed by atoms with van der Waals surface area (Å²) in [6.45, 7) is 3.56. The van der Waals surface area contributed by atoms with E-state index in [-0.39, 0.29) is 18.2 Å². The molecular weight excluding hydrogens is 387 g/mol. The van der Waals surface area contributed by atoms with Crippen LogP contribution in [0.3, 0.4) is 0 Å². The number of nitrogens with zero attached hydrogens (tertiary/aromatic N) is 1. The predicted molar refractivity (Wildman–Crippen MR) is 107 cm³/mol. The summed E-state index contributed by atoms with van der Waals surface area (Å²) in [5.74, 6) is -0.894. The average Bonchev–Trinajstić information content (AvgIpc) is 2.86. The van der Waals surface area contributed by atoms with Gasteiger partial charge in [-0.25, -0.2) is 4.79 Å². The molecule has 0 aromatic heterocycles. The Labute approximate surface area is 167 Å². The van der Waals surface area contributed by atoms with Crippen molar-refractivity contribution in [3.63, 3.8) is 0 Å². The lowest BCUT2D eigenvalue weighted by atomic mass is 10.0. The first-order valence-corrected chi connectivity index (χ1v) is 9.13. The Balaban J connectivity index is 2.03. The van der Waals surface area contributed by atoms with Crippen LogP contribution < -0.4 is 10.2 Å². The number of amides is 1. The minimum Gasteiger partial charge on any atom is -0.464 e. The van der Waals surface area contributed by atoms with Crippen molar-refractivity contribution in [3.8, 4) is 0 Å². The largest absolute Gasteiger partial charge is 0.464 e. The molecule has 0 saturated carbocycles. The summed E-state index contributed by atoms with van der Waals surface area (Å²) in [5, 5.41) is 4.04. The van der Waals surface area contributed by atoms with Crippen LogP contribution >= 0.6 is 23.2 Å². The van der Waals surface area contributed by atoms with E-state index >= 15 is 0 Å². The molecule has 0 radical (unpaired) electrons. The quantitative estimate of drug-likeness (QED) is 0.736. The number of nitrogens with one attached hydrogen (secondary N) is 1. The van der Waals surface area contributed by atoms with Crippen LogP contribution in [-0.2, 0) is 14.3 Å². The molecule has 0 bridgehead atoms. The molecule has 7 heteroatoms. The van der Waals surface area contributed by atoms with E-state index in [1.165, 1.54) is 4.90 Å². The molecule has 1 amide bonds. The third-order valence-corrected chi connectivity index (χ3v) is 4.65. The number of carbonyl (C=O) groups is 2. The maximum absolute atomic E-state index is 13.1. The summed E-state index contributed by atoms with van der Waals surface area (Å²) in [6, 6.07) is 13.8. The maximum atomic E-state index is 13.1. The van der Waals surface area contributed by atoms with E-state index in [0.717, 1.165) is 0 Å². The summed E-state index contributed by atoms with van der Waals surface area (Å²) in [6.07, 6.45) is 1.56. The molecule has 0 saturated heterocycles. The highest BCUT2D eigenvalue weighted by molar-refractivity contribution is 6.31. The van der Waals surface area contributed by atoms with Crippen LogP contribution in [0, 0.1) is 0 Å². The fourth-order valence-electron chi connectivity index (χ4n) is 2.98. The minimum absolute atomic E-state index is 0.205. The van der Waals surface area contributed by atoms with Gasteiger partial charge in [0.1, 0.15) is 5.70 Å². The van der Waals surface area contributed by atoms with Gasteiger partial charge in [-0.15, -0.1) is 0 Å². The number of hydrogen-bond acceptors (Lipinski definition) is 4. The SMILES string of the molecule is CCOC(=O)[C@@]1(C)C=C(Nc2cccc(Cl)c2)C(=O)N1c1cccc(Cl)c1. The molecule has 1 aliphatic heterocycles. The minimum atomic E-state index is -1.31. The van der Waals surface area contributed by atoms with Gasteiger partial charge in [-0.2, -0.15) is 0 Å². The molecule has 2 aromatic carbocycles. The first-order chi connectivity index (χ1) is 12.8. The Morgan fingerprint density at radius 1 is 1.15 bits per heavy atom. The Morgan fingerprint density at radius 2 is 1.81 bits per heavy atom. The number of benzene rings is 2. The normalized spacial score (nSPS) is 19.0. The van der Waals surface area contributed by atoms with Gasteiger partial charge in [0, 0.05) is 21.4 Å². The van der Waals surface area contributed by atoms with Crippen LogP contribution in [0.2, 0.25) is 10.0 Å². The van der Waals surface area contributed by atoms with Crippen molar-refractivity contribution in [2.45, 2.75) is 19.4 Å². The number of hydrogen-bond donors (Lipinski definition) is 1.